The zero-order chi connectivity index (χ0) is 12.4. The van der Waals surface area contributed by atoms with Gasteiger partial charge in [-0.1, -0.05) is 11.6 Å². The van der Waals surface area contributed by atoms with Gasteiger partial charge >= 0.3 is 0 Å². The lowest BCUT2D eigenvalue weighted by Crippen LogP contribution is -1.89. The summed E-state index contributed by atoms with van der Waals surface area (Å²) in [4.78, 5) is 3.99. The monoisotopic (exact) mass is 311 g/mol. The first-order chi connectivity index (χ1) is 8.08. The van der Waals surface area contributed by atoms with Crippen molar-refractivity contribution in [1.29, 1.82) is 0 Å². The van der Waals surface area contributed by atoms with Crippen molar-refractivity contribution in [3.63, 3.8) is 0 Å². The van der Waals surface area contributed by atoms with Gasteiger partial charge in [0.25, 0.3) is 0 Å². The summed E-state index contributed by atoms with van der Waals surface area (Å²) in [6.45, 7) is 3.92. The quantitative estimate of drug-likeness (QED) is 0.786. The van der Waals surface area contributed by atoms with E-state index >= 15 is 0 Å². The van der Waals surface area contributed by atoms with Crippen LogP contribution in [0.25, 0.3) is 0 Å². The van der Waals surface area contributed by atoms with Crippen molar-refractivity contribution in [2.24, 2.45) is 0 Å². The van der Waals surface area contributed by atoms with Crippen molar-refractivity contribution in [2.75, 3.05) is 0 Å². The molecule has 0 spiro atoms. The van der Waals surface area contributed by atoms with Crippen LogP contribution in [0.4, 0.5) is 0 Å². The summed E-state index contributed by atoms with van der Waals surface area (Å²) in [5, 5.41) is 0.783. The molecule has 0 aliphatic rings. The lowest BCUT2D eigenvalue weighted by molar-refractivity contribution is 0.478. The number of aryl methyl sites for hydroxylation is 2. The zero-order valence-corrected chi connectivity index (χ0v) is 11.8. The van der Waals surface area contributed by atoms with Gasteiger partial charge in [-0.15, -0.1) is 0 Å². The fourth-order valence-electron chi connectivity index (χ4n) is 1.54. The van der Waals surface area contributed by atoms with E-state index in [1.807, 2.05) is 32.0 Å². The second-order valence-corrected chi connectivity index (χ2v) is 5.01. The van der Waals surface area contributed by atoms with Crippen LogP contribution in [-0.4, -0.2) is 4.98 Å². The first-order valence-corrected chi connectivity index (χ1v) is 6.29. The minimum atomic E-state index is 0.737. The predicted molar refractivity (Wildman–Crippen MR) is 72.9 cm³/mol. The molecule has 0 fully saturated rings. The van der Waals surface area contributed by atoms with Crippen molar-refractivity contribution in [2.45, 2.75) is 13.8 Å². The van der Waals surface area contributed by atoms with Gasteiger partial charge in [0.1, 0.15) is 11.5 Å². The second-order valence-electron chi connectivity index (χ2n) is 3.78. The van der Waals surface area contributed by atoms with Gasteiger partial charge in [-0.2, -0.15) is 0 Å². The maximum absolute atomic E-state index is 6.11. The van der Waals surface area contributed by atoms with Crippen LogP contribution in [0.2, 0.25) is 5.02 Å². The van der Waals surface area contributed by atoms with Gasteiger partial charge in [-0.05, 0) is 53.0 Å². The molecular weight excluding hydrogens is 302 g/mol. The number of nitrogens with zero attached hydrogens (tertiary/aromatic N) is 1. The molecule has 17 heavy (non-hydrogen) atoms. The molecule has 1 aromatic carbocycles. The summed E-state index contributed by atoms with van der Waals surface area (Å²) >= 11 is 9.50. The predicted octanol–water partition coefficient (Wildman–Crippen LogP) is 4.91. The Morgan fingerprint density at radius 1 is 1.24 bits per heavy atom. The molecule has 1 aromatic heterocycles. The first-order valence-electron chi connectivity index (χ1n) is 5.12. The van der Waals surface area contributed by atoms with Gasteiger partial charge in [-0.25, -0.2) is 0 Å². The number of rotatable bonds is 2. The molecule has 88 valence electrons. The molecule has 0 bridgehead atoms. The molecular formula is C13H11BrClNO. The number of hydrogen-bond donors (Lipinski definition) is 0. The fraction of sp³-hybridized carbons (Fsp3) is 0.154. The maximum atomic E-state index is 6.11. The fourth-order valence-corrected chi connectivity index (χ4v) is 1.98. The summed E-state index contributed by atoms with van der Waals surface area (Å²) in [6, 6.07) is 5.65. The molecule has 0 radical (unpaired) electrons. The number of benzene rings is 1. The van der Waals surface area contributed by atoms with Crippen molar-refractivity contribution >= 4 is 27.5 Å². The molecule has 4 heteroatoms. The Morgan fingerprint density at radius 2 is 1.88 bits per heavy atom. The summed E-state index contributed by atoms with van der Waals surface area (Å²) in [6.07, 6.45) is 3.39. The highest BCUT2D eigenvalue weighted by atomic mass is 79.9. The summed E-state index contributed by atoms with van der Waals surface area (Å²) in [7, 11) is 0. The van der Waals surface area contributed by atoms with Crippen LogP contribution in [0.3, 0.4) is 0 Å². The molecule has 0 unspecified atom stereocenters. The van der Waals surface area contributed by atoms with Gasteiger partial charge in [0.15, 0.2) is 0 Å². The SMILES string of the molecule is Cc1cc(Oc2ccncc2Br)cc(C)c1Cl. The molecule has 0 aliphatic heterocycles. The van der Waals surface area contributed by atoms with E-state index in [1.54, 1.807) is 12.4 Å². The van der Waals surface area contributed by atoms with Crippen LogP contribution >= 0.6 is 27.5 Å². The van der Waals surface area contributed by atoms with Crippen molar-refractivity contribution in [3.05, 3.63) is 51.2 Å². The molecule has 2 aromatic rings. The van der Waals surface area contributed by atoms with Gasteiger partial charge in [0, 0.05) is 23.5 Å². The van der Waals surface area contributed by atoms with Crippen molar-refractivity contribution < 1.29 is 4.74 Å². The molecule has 2 nitrogen and oxygen atoms in total. The molecule has 2 rings (SSSR count). The smallest absolute Gasteiger partial charge is 0.144 e. The lowest BCUT2D eigenvalue weighted by Gasteiger charge is -2.10. The summed E-state index contributed by atoms with van der Waals surface area (Å²) < 4.78 is 6.60. The first kappa shape index (κ1) is 12.4. The van der Waals surface area contributed by atoms with Gasteiger partial charge in [0.2, 0.25) is 0 Å². The largest absolute Gasteiger partial charge is 0.456 e. The van der Waals surface area contributed by atoms with Crippen LogP contribution in [0.1, 0.15) is 11.1 Å². The highest BCUT2D eigenvalue weighted by Gasteiger charge is 2.06. The Balaban J connectivity index is 2.34. The highest BCUT2D eigenvalue weighted by Crippen LogP contribution is 2.32. The van der Waals surface area contributed by atoms with E-state index in [0.29, 0.717) is 0 Å². The third-order valence-electron chi connectivity index (χ3n) is 2.37. The van der Waals surface area contributed by atoms with Gasteiger partial charge in [0.05, 0.1) is 4.47 Å². The van der Waals surface area contributed by atoms with E-state index in [2.05, 4.69) is 20.9 Å². The zero-order valence-electron chi connectivity index (χ0n) is 9.50. The molecule has 0 saturated carbocycles. The van der Waals surface area contributed by atoms with E-state index < -0.39 is 0 Å². The van der Waals surface area contributed by atoms with Crippen molar-refractivity contribution in [1.82, 2.24) is 4.98 Å². The Morgan fingerprint density at radius 3 is 2.47 bits per heavy atom. The highest BCUT2D eigenvalue weighted by molar-refractivity contribution is 9.10. The van der Waals surface area contributed by atoms with E-state index in [-0.39, 0.29) is 0 Å². The van der Waals surface area contributed by atoms with Crippen LogP contribution in [0.15, 0.2) is 35.1 Å². The van der Waals surface area contributed by atoms with Gasteiger partial charge in [-0.3, -0.25) is 4.98 Å². The van der Waals surface area contributed by atoms with Gasteiger partial charge < -0.3 is 4.74 Å². The van der Waals surface area contributed by atoms with Crippen LogP contribution < -0.4 is 4.74 Å². The standard InChI is InChI=1S/C13H11BrClNO/c1-8-5-10(6-9(2)13(8)15)17-12-3-4-16-7-11(12)14/h3-7H,1-2H3. The Labute approximate surface area is 114 Å². The number of hydrogen-bond acceptors (Lipinski definition) is 2. The molecule has 0 amide bonds. The average molecular weight is 313 g/mol. The number of halogens is 2. The minimum Gasteiger partial charge on any atom is -0.456 e. The number of ether oxygens (including phenoxy) is 1. The Hall–Kier alpha value is -1.06. The Bertz CT molecular complexity index is 534. The van der Waals surface area contributed by atoms with Crippen LogP contribution in [-0.2, 0) is 0 Å². The van der Waals surface area contributed by atoms with Crippen LogP contribution in [0, 0.1) is 13.8 Å². The molecule has 0 atom stereocenters. The molecule has 1 heterocycles. The molecule has 0 aliphatic carbocycles. The second kappa shape index (κ2) is 5.07. The minimum absolute atomic E-state index is 0.737. The summed E-state index contributed by atoms with van der Waals surface area (Å²) in [5.74, 6) is 1.51. The average Bonchev–Trinajstić information content (AvgIpc) is 2.29. The third kappa shape index (κ3) is 2.79. The van der Waals surface area contributed by atoms with Crippen LogP contribution in [0.5, 0.6) is 11.5 Å². The number of pyridine rings is 1. The van der Waals surface area contributed by atoms with E-state index in [9.17, 15) is 0 Å². The molecule has 0 N–H and O–H groups in total. The van der Waals surface area contributed by atoms with E-state index in [0.717, 1.165) is 32.1 Å². The van der Waals surface area contributed by atoms with E-state index in [4.69, 9.17) is 16.3 Å². The Kier molecular flexibility index (Phi) is 3.69. The van der Waals surface area contributed by atoms with Crippen molar-refractivity contribution in [3.8, 4) is 11.5 Å². The topological polar surface area (TPSA) is 22.1 Å². The lowest BCUT2D eigenvalue weighted by atomic mass is 10.1. The normalized spacial score (nSPS) is 10.4. The number of aromatic nitrogens is 1. The summed E-state index contributed by atoms with van der Waals surface area (Å²) in [5.41, 5.74) is 2.01. The molecule has 0 saturated heterocycles. The third-order valence-corrected chi connectivity index (χ3v) is 3.56. The van der Waals surface area contributed by atoms with E-state index in [1.165, 1.54) is 0 Å². The maximum Gasteiger partial charge on any atom is 0.144 e.